The Labute approximate surface area is 398 Å². The van der Waals surface area contributed by atoms with E-state index in [0.717, 1.165) is 44.7 Å². The molecule has 1 spiro atoms. The number of amides is 4. The molecule has 360 valence electrons. The molecule has 3 aromatic heterocycles. The normalized spacial score (nSPS) is 21.9. The van der Waals surface area contributed by atoms with Crippen molar-refractivity contribution in [3.05, 3.63) is 70.8 Å². The summed E-state index contributed by atoms with van der Waals surface area (Å²) < 4.78 is 20.5. The van der Waals surface area contributed by atoms with Gasteiger partial charge in [-0.3, -0.25) is 34.2 Å². The fourth-order valence-corrected chi connectivity index (χ4v) is 11.2. The Morgan fingerprint density at radius 2 is 1.94 bits per heavy atom. The van der Waals surface area contributed by atoms with E-state index in [1.165, 1.54) is 21.2 Å². The zero-order valence-corrected chi connectivity index (χ0v) is 41.1. The smallest absolute Gasteiger partial charge is 0.324 e. The summed E-state index contributed by atoms with van der Waals surface area (Å²) in [5.41, 5.74) is 8.59. The average Bonchev–Trinajstić information content (AvgIpc) is 3.90. The second-order valence-corrected chi connectivity index (χ2v) is 20.6. The minimum Gasteiger partial charge on any atom is -0.464 e. The number of fused-ring (bicyclic) bond motifs is 6. The van der Waals surface area contributed by atoms with Gasteiger partial charge in [0.15, 0.2) is 5.72 Å². The Morgan fingerprint density at radius 1 is 1.15 bits per heavy atom. The van der Waals surface area contributed by atoms with Crippen molar-refractivity contribution in [2.45, 2.75) is 110 Å². The number of cyclic esters (lactones) is 1. The lowest BCUT2D eigenvalue weighted by atomic mass is 9.84. The summed E-state index contributed by atoms with van der Waals surface area (Å²) in [7, 11) is 3.34. The van der Waals surface area contributed by atoms with E-state index in [9.17, 15) is 19.2 Å². The molecular weight excluding hydrogens is 871 g/mol. The number of benzene rings is 1. The topological polar surface area (TPSA) is 164 Å². The van der Waals surface area contributed by atoms with Crippen LogP contribution >= 0.6 is 11.3 Å². The van der Waals surface area contributed by atoms with E-state index in [1.54, 1.807) is 25.3 Å². The third-order valence-electron chi connectivity index (χ3n) is 13.7. The molecule has 0 unspecified atom stereocenters. The first-order chi connectivity index (χ1) is 32.1. The maximum absolute atomic E-state index is 14.7. The van der Waals surface area contributed by atoms with Gasteiger partial charge in [-0.2, -0.15) is 0 Å². The zero-order chi connectivity index (χ0) is 47.8. The van der Waals surface area contributed by atoms with Crippen LogP contribution in [0.25, 0.3) is 33.4 Å². The highest BCUT2D eigenvalue weighted by molar-refractivity contribution is 7.10. The predicted molar refractivity (Wildman–Crippen MR) is 258 cm³/mol. The summed E-state index contributed by atoms with van der Waals surface area (Å²) >= 11 is 1.42. The van der Waals surface area contributed by atoms with Crippen LogP contribution in [0.15, 0.2) is 54.6 Å². The summed E-state index contributed by atoms with van der Waals surface area (Å²) in [6.45, 7) is 20.0. The molecule has 2 N–H and O–H groups in total. The van der Waals surface area contributed by atoms with Crippen LogP contribution in [0.2, 0.25) is 0 Å². The number of pyridine rings is 1. The van der Waals surface area contributed by atoms with E-state index < -0.39 is 47.0 Å². The number of nitrogens with one attached hydrogen (secondary N) is 2. The average molecular weight is 938 g/mol. The van der Waals surface area contributed by atoms with Gasteiger partial charge < -0.3 is 29.0 Å². The highest BCUT2D eigenvalue weighted by atomic mass is 32.1. The number of thiazole rings is 1. The van der Waals surface area contributed by atoms with Crippen LogP contribution in [0.3, 0.4) is 0 Å². The van der Waals surface area contributed by atoms with Crippen LogP contribution < -0.4 is 10.7 Å². The van der Waals surface area contributed by atoms with E-state index in [2.05, 4.69) is 71.8 Å². The molecule has 4 aromatic rings. The van der Waals surface area contributed by atoms with Crippen molar-refractivity contribution in [3.63, 3.8) is 0 Å². The maximum atomic E-state index is 14.7. The molecule has 0 radical (unpaired) electrons. The second kappa shape index (κ2) is 19.8. The van der Waals surface area contributed by atoms with Crippen LogP contribution in [0.5, 0.6) is 0 Å². The van der Waals surface area contributed by atoms with Gasteiger partial charge in [0.25, 0.3) is 5.91 Å². The van der Waals surface area contributed by atoms with Crippen molar-refractivity contribution in [1.82, 2.24) is 45.0 Å². The Balaban J connectivity index is 1.15. The molecule has 8 rings (SSSR count). The van der Waals surface area contributed by atoms with Crippen molar-refractivity contribution in [1.29, 1.82) is 0 Å². The summed E-state index contributed by atoms with van der Waals surface area (Å²) in [4.78, 5) is 73.0. The number of carbonyl (C=O) groups is 4. The van der Waals surface area contributed by atoms with Crippen LogP contribution in [0.1, 0.15) is 83.2 Å². The van der Waals surface area contributed by atoms with Crippen molar-refractivity contribution in [2.75, 3.05) is 60.1 Å². The molecule has 3 fully saturated rings. The van der Waals surface area contributed by atoms with E-state index in [0.29, 0.717) is 76.6 Å². The number of hydrogen-bond acceptors (Lipinski definition) is 12. The van der Waals surface area contributed by atoms with Gasteiger partial charge in [0, 0.05) is 98.9 Å². The largest absolute Gasteiger partial charge is 0.464 e. The van der Waals surface area contributed by atoms with Gasteiger partial charge in [0.2, 0.25) is 5.91 Å². The van der Waals surface area contributed by atoms with Crippen LogP contribution in [-0.2, 0) is 48.0 Å². The predicted octanol–water partition coefficient (Wildman–Crippen LogP) is 6.20. The van der Waals surface area contributed by atoms with Crippen molar-refractivity contribution >= 4 is 46.1 Å². The first-order valence-electron chi connectivity index (χ1n) is 23.7. The monoisotopic (exact) mass is 937 g/mol. The Bertz CT molecular complexity index is 2490. The summed E-state index contributed by atoms with van der Waals surface area (Å²) in [5, 5.41) is 8.21. The van der Waals surface area contributed by atoms with Gasteiger partial charge in [-0.05, 0) is 75.3 Å². The minimum atomic E-state index is -1.07. The van der Waals surface area contributed by atoms with Gasteiger partial charge in [0.05, 0.1) is 41.4 Å². The summed E-state index contributed by atoms with van der Waals surface area (Å²) in [6, 6.07) is 7.39. The van der Waals surface area contributed by atoms with Crippen molar-refractivity contribution < 1.29 is 33.4 Å². The van der Waals surface area contributed by atoms with E-state index in [1.807, 2.05) is 38.3 Å². The molecule has 6 bridgehead atoms. The molecule has 7 heterocycles. The van der Waals surface area contributed by atoms with Crippen molar-refractivity contribution in [2.24, 2.45) is 11.3 Å². The first-order valence-corrected chi connectivity index (χ1v) is 24.6. The molecule has 4 atom stereocenters. The minimum absolute atomic E-state index is 0.0900. The van der Waals surface area contributed by atoms with E-state index >= 15 is 0 Å². The quantitative estimate of drug-likeness (QED) is 0.138. The number of methoxy groups -OCH3 is 1. The number of hydrogen-bond donors (Lipinski definition) is 2. The van der Waals surface area contributed by atoms with Gasteiger partial charge >= 0.3 is 12.0 Å². The first kappa shape index (κ1) is 48.3. The molecule has 4 aliphatic rings. The number of urea groups is 1. The Hall–Kier alpha value is -5.20. The van der Waals surface area contributed by atoms with Gasteiger partial charge in [0.1, 0.15) is 18.1 Å². The molecule has 16 nitrogen and oxygen atoms in total. The number of likely N-dealkylation sites (tertiary alicyclic amines) is 1. The number of ether oxygens (including phenoxy) is 3. The number of aryl methyl sites for hydroxylation is 1. The third kappa shape index (κ3) is 9.62. The number of hydrazine groups is 1. The molecule has 0 saturated carbocycles. The molecule has 3 saturated heterocycles. The Morgan fingerprint density at radius 3 is 2.67 bits per heavy atom. The second-order valence-electron chi connectivity index (χ2n) is 19.6. The highest BCUT2D eigenvalue weighted by Crippen LogP contribution is 2.42. The number of likely N-dealkylation sites (N-methyl/N-ethyl adjacent to an activating group) is 1. The fourth-order valence-electron chi connectivity index (χ4n) is 10.3. The van der Waals surface area contributed by atoms with Crippen LogP contribution in [-0.4, -0.2) is 142 Å². The van der Waals surface area contributed by atoms with Crippen molar-refractivity contribution in [3.8, 4) is 22.5 Å². The Kier molecular flexibility index (Phi) is 14.3. The van der Waals surface area contributed by atoms with Crippen LogP contribution in [0, 0.1) is 11.3 Å². The number of rotatable bonds is 10. The van der Waals surface area contributed by atoms with Crippen LogP contribution in [0.4, 0.5) is 4.79 Å². The van der Waals surface area contributed by atoms with Gasteiger partial charge in [-0.25, -0.2) is 15.2 Å². The van der Waals surface area contributed by atoms with E-state index in [-0.39, 0.29) is 31.1 Å². The SMILES string of the molecule is C=CCN1CC2(C1)OCCCN2C(=O)N(C)[C@H](C(=O)N[C@H]1Cc2nc(cs2)-c2ccc3c(c2)c(c(-c2cccnc2[C@H](C)OC)n3CC)CC(C)(C)COC(=O)[C@@H]2CCCN(N2)C1=O)C(C)C. The molecule has 4 aliphatic heterocycles. The number of esters is 1. The van der Waals surface area contributed by atoms with Gasteiger partial charge in [-0.1, -0.05) is 39.8 Å². The summed E-state index contributed by atoms with van der Waals surface area (Å²) in [6.07, 6.45) is 5.76. The number of nitrogens with zero attached hydrogens (tertiary/aromatic N) is 7. The maximum Gasteiger partial charge on any atom is 0.324 e. The molecule has 1 aromatic carbocycles. The highest BCUT2D eigenvalue weighted by Gasteiger charge is 2.53. The lowest BCUT2D eigenvalue weighted by Gasteiger charge is -2.57. The molecule has 0 aliphatic carbocycles. The molecule has 4 amide bonds. The number of aromatic nitrogens is 3. The third-order valence-corrected chi connectivity index (χ3v) is 14.6. The fraction of sp³-hybridized carbons (Fsp3) is 0.560. The zero-order valence-electron chi connectivity index (χ0n) is 40.3. The molecule has 17 heteroatoms. The lowest BCUT2D eigenvalue weighted by Crippen LogP contribution is -2.75. The molecule has 67 heavy (non-hydrogen) atoms. The van der Waals surface area contributed by atoms with E-state index in [4.69, 9.17) is 24.2 Å². The molecular formula is C50H67N9O7S. The lowest BCUT2D eigenvalue weighted by molar-refractivity contribution is -0.235. The number of carbonyl (C=O) groups excluding carboxylic acids is 4. The van der Waals surface area contributed by atoms with Gasteiger partial charge in [-0.15, -0.1) is 17.9 Å². The standard InChI is InChI=1S/C50H67N9O7S/c1-10-20-56-28-50(29-56)58(21-14-23-66-50)48(63)55(8)43(31(3)4)45(60)53-38-25-41-52-39(27-67-41)33-17-18-40-35(24-33)36(44(57(40)11-2)34-15-12-19-51-42(34)32(5)64-9)26-49(6,7)30-65-47(62)37-16-13-22-59(54-37)46(38)61/h10,12,15,17-19,24,27,31-32,37-38,43,54H,1,11,13-14,16,20-23,25-26,28-30H2,2-9H3,(H,53,60)/t32-,37-,38-,43-/m0/s1. The summed E-state index contributed by atoms with van der Waals surface area (Å²) in [5.74, 6) is -1.62.